The maximum Gasteiger partial charge on any atom is 0.358 e. The monoisotopic (exact) mass is 247 g/mol. The molecule has 0 amide bonds. The van der Waals surface area contributed by atoms with Crippen molar-refractivity contribution in [2.75, 3.05) is 6.61 Å². The van der Waals surface area contributed by atoms with Crippen molar-refractivity contribution in [1.82, 2.24) is 14.4 Å². The SMILES string of the molecule is CCOC(=O)c1cn2c(C(C)(C)C)ccnc2n1. The van der Waals surface area contributed by atoms with E-state index in [-0.39, 0.29) is 5.41 Å². The first-order valence-corrected chi connectivity index (χ1v) is 5.95. The Morgan fingerprint density at radius 3 is 2.78 bits per heavy atom. The lowest BCUT2D eigenvalue weighted by atomic mass is 9.92. The van der Waals surface area contributed by atoms with Crippen molar-refractivity contribution in [2.24, 2.45) is 0 Å². The highest BCUT2D eigenvalue weighted by molar-refractivity contribution is 5.87. The number of rotatable bonds is 2. The van der Waals surface area contributed by atoms with Gasteiger partial charge in [-0.25, -0.2) is 14.8 Å². The van der Waals surface area contributed by atoms with E-state index in [0.29, 0.717) is 18.1 Å². The first-order chi connectivity index (χ1) is 8.43. The highest BCUT2D eigenvalue weighted by Crippen LogP contribution is 2.22. The molecule has 0 fully saturated rings. The molecule has 0 aromatic carbocycles. The average Bonchev–Trinajstić information content (AvgIpc) is 2.71. The van der Waals surface area contributed by atoms with Gasteiger partial charge in [0.2, 0.25) is 5.78 Å². The summed E-state index contributed by atoms with van der Waals surface area (Å²) in [5.74, 6) is 0.105. The molecule has 5 nitrogen and oxygen atoms in total. The Morgan fingerprint density at radius 1 is 1.44 bits per heavy atom. The first kappa shape index (κ1) is 12.5. The number of carbonyl (C=O) groups excluding carboxylic acids is 1. The van der Waals surface area contributed by atoms with Crippen LogP contribution in [0.25, 0.3) is 5.78 Å². The van der Waals surface area contributed by atoms with Crippen molar-refractivity contribution in [2.45, 2.75) is 33.1 Å². The number of hydrogen-bond acceptors (Lipinski definition) is 4. The summed E-state index contributed by atoms with van der Waals surface area (Å²) in [6.07, 6.45) is 3.39. The summed E-state index contributed by atoms with van der Waals surface area (Å²) in [6, 6.07) is 1.93. The lowest BCUT2D eigenvalue weighted by Gasteiger charge is -2.19. The fourth-order valence-electron chi connectivity index (χ4n) is 1.81. The smallest absolute Gasteiger partial charge is 0.358 e. The third-order valence-corrected chi connectivity index (χ3v) is 2.62. The largest absolute Gasteiger partial charge is 0.461 e. The van der Waals surface area contributed by atoms with Gasteiger partial charge in [-0.05, 0) is 13.0 Å². The van der Waals surface area contributed by atoms with E-state index in [2.05, 4.69) is 30.7 Å². The first-order valence-electron chi connectivity index (χ1n) is 5.95. The minimum absolute atomic E-state index is 0.0478. The van der Waals surface area contributed by atoms with Crippen molar-refractivity contribution in [3.8, 4) is 0 Å². The number of hydrogen-bond donors (Lipinski definition) is 0. The molecule has 0 aliphatic heterocycles. The van der Waals surface area contributed by atoms with E-state index >= 15 is 0 Å². The predicted molar refractivity (Wildman–Crippen MR) is 67.6 cm³/mol. The minimum atomic E-state index is -0.414. The third kappa shape index (κ3) is 2.20. The summed E-state index contributed by atoms with van der Waals surface area (Å²) in [5.41, 5.74) is 1.30. The lowest BCUT2D eigenvalue weighted by molar-refractivity contribution is 0.0520. The van der Waals surface area contributed by atoms with Crippen LogP contribution in [0.1, 0.15) is 43.9 Å². The molecular weight excluding hydrogens is 230 g/mol. The molecule has 0 saturated carbocycles. The van der Waals surface area contributed by atoms with Gasteiger partial charge in [-0.1, -0.05) is 20.8 Å². The van der Waals surface area contributed by atoms with Crippen LogP contribution < -0.4 is 0 Å². The summed E-state index contributed by atoms with van der Waals surface area (Å²) in [7, 11) is 0. The summed E-state index contributed by atoms with van der Waals surface area (Å²) < 4.78 is 6.78. The minimum Gasteiger partial charge on any atom is -0.461 e. The molecule has 0 aliphatic carbocycles. The van der Waals surface area contributed by atoms with Crippen molar-refractivity contribution in [3.05, 3.63) is 29.8 Å². The van der Waals surface area contributed by atoms with Crippen LogP contribution in [0.5, 0.6) is 0 Å². The second kappa shape index (κ2) is 4.40. The van der Waals surface area contributed by atoms with E-state index in [1.165, 1.54) is 0 Å². The van der Waals surface area contributed by atoms with Crippen LogP contribution in [0.4, 0.5) is 0 Å². The lowest BCUT2D eigenvalue weighted by Crippen LogP contribution is -2.16. The van der Waals surface area contributed by atoms with Gasteiger partial charge in [0.1, 0.15) is 0 Å². The summed E-state index contributed by atoms with van der Waals surface area (Å²) in [4.78, 5) is 20.0. The number of carbonyl (C=O) groups is 1. The van der Waals surface area contributed by atoms with Crippen LogP contribution >= 0.6 is 0 Å². The van der Waals surface area contributed by atoms with Crippen molar-refractivity contribution < 1.29 is 9.53 Å². The normalized spacial score (nSPS) is 11.8. The van der Waals surface area contributed by atoms with Crippen LogP contribution in [0.2, 0.25) is 0 Å². The standard InChI is InChI=1S/C13H17N3O2/c1-5-18-11(17)9-8-16-10(13(2,3)4)6-7-14-12(16)15-9/h6-8H,5H2,1-4H3. The zero-order valence-electron chi connectivity index (χ0n) is 11.1. The molecule has 2 heterocycles. The van der Waals surface area contributed by atoms with E-state index in [9.17, 15) is 4.79 Å². The summed E-state index contributed by atoms with van der Waals surface area (Å²) >= 11 is 0. The second-order valence-electron chi connectivity index (χ2n) is 5.10. The Balaban J connectivity index is 2.55. The molecular formula is C13H17N3O2. The van der Waals surface area contributed by atoms with Crippen LogP contribution in [0, 0.1) is 0 Å². The average molecular weight is 247 g/mol. The number of imidazole rings is 1. The fourth-order valence-corrected chi connectivity index (χ4v) is 1.81. The van der Waals surface area contributed by atoms with Gasteiger partial charge in [0.15, 0.2) is 5.69 Å². The van der Waals surface area contributed by atoms with E-state index in [1.807, 2.05) is 10.5 Å². The van der Waals surface area contributed by atoms with Crippen molar-refractivity contribution in [3.63, 3.8) is 0 Å². The van der Waals surface area contributed by atoms with Gasteiger partial charge in [-0.15, -0.1) is 0 Å². The van der Waals surface area contributed by atoms with Crippen LogP contribution in [-0.4, -0.2) is 26.9 Å². The van der Waals surface area contributed by atoms with Crippen LogP contribution in [-0.2, 0) is 10.2 Å². The molecule has 0 unspecified atom stereocenters. The van der Waals surface area contributed by atoms with E-state index < -0.39 is 5.97 Å². The molecule has 0 aliphatic rings. The topological polar surface area (TPSA) is 56.5 Å². The van der Waals surface area contributed by atoms with E-state index in [0.717, 1.165) is 5.69 Å². The molecule has 96 valence electrons. The number of ether oxygens (including phenoxy) is 1. The Labute approximate surface area is 106 Å². The molecule has 2 aromatic rings. The number of fused-ring (bicyclic) bond motifs is 1. The van der Waals surface area contributed by atoms with Gasteiger partial charge in [-0.2, -0.15) is 0 Å². The molecule has 0 bridgehead atoms. The Hall–Kier alpha value is -1.91. The number of esters is 1. The van der Waals surface area contributed by atoms with Gasteiger partial charge in [0, 0.05) is 23.5 Å². The number of aromatic nitrogens is 3. The maximum absolute atomic E-state index is 11.6. The Kier molecular flexibility index (Phi) is 3.07. The number of nitrogens with zero attached hydrogens (tertiary/aromatic N) is 3. The molecule has 0 saturated heterocycles. The van der Waals surface area contributed by atoms with E-state index in [1.54, 1.807) is 19.3 Å². The second-order valence-corrected chi connectivity index (χ2v) is 5.10. The summed E-state index contributed by atoms with van der Waals surface area (Å²) in [6.45, 7) is 8.42. The van der Waals surface area contributed by atoms with Crippen molar-refractivity contribution >= 4 is 11.7 Å². The van der Waals surface area contributed by atoms with Crippen LogP contribution in [0.15, 0.2) is 18.5 Å². The van der Waals surface area contributed by atoms with Gasteiger partial charge in [0.25, 0.3) is 0 Å². The highest BCUT2D eigenvalue weighted by atomic mass is 16.5. The van der Waals surface area contributed by atoms with Gasteiger partial charge < -0.3 is 4.74 Å². The molecule has 18 heavy (non-hydrogen) atoms. The third-order valence-electron chi connectivity index (χ3n) is 2.62. The van der Waals surface area contributed by atoms with Gasteiger partial charge >= 0.3 is 5.97 Å². The quantitative estimate of drug-likeness (QED) is 0.763. The van der Waals surface area contributed by atoms with Gasteiger partial charge in [-0.3, -0.25) is 4.40 Å². The Bertz CT molecular complexity index is 581. The van der Waals surface area contributed by atoms with Crippen molar-refractivity contribution in [1.29, 1.82) is 0 Å². The zero-order chi connectivity index (χ0) is 13.3. The molecule has 2 rings (SSSR count). The molecule has 0 radical (unpaired) electrons. The Morgan fingerprint density at radius 2 is 2.17 bits per heavy atom. The van der Waals surface area contributed by atoms with Crippen LogP contribution in [0.3, 0.4) is 0 Å². The predicted octanol–water partition coefficient (Wildman–Crippen LogP) is 2.20. The van der Waals surface area contributed by atoms with E-state index in [4.69, 9.17) is 4.74 Å². The maximum atomic E-state index is 11.6. The fraction of sp³-hybridized carbons (Fsp3) is 0.462. The summed E-state index contributed by atoms with van der Waals surface area (Å²) in [5, 5.41) is 0. The molecule has 5 heteroatoms. The highest BCUT2D eigenvalue weighted by Gasteiger charge is 2.20. The molecule has 0 spiro atoms. The molecule has 0 N–H and O–H groups in total. The molecule has 0 atom stereocenters. The van der Waals surface area contributed by atoms with Gasteiger partial charge in [0.05, 0.1) is 6.61 Å². The molecule has 2 aromatic heterocycles. The zero-order valence-corrected chi connectivity index (χ0v) is 11.1.